The molecule has 25 heavy (non-hydrogen) atoms. The molecule has 2 rings (SSSR count). The highest BCUT2D eigenvalue weighted by Gasteiger charge is 2.07. The topological polar surface area (TPSA) is 69.2 Å². The molecule has 0 heterocycles. The Labute approximate surface area is 149 Å². The number of ether oxygens (including phenoxy) is 2. The molecule has 0 fully saturated rings. The molecule has 0 aromatic heterocycles. The Kier molecular flexibility index (Phi) is 6.59. The van der Waals surface area contributed by atoms with Crippen LogP contribution >= 0.6 is 11.6 Å². The van der Waals surface area contributed by atoms with E-state index in [4.69, 9.17) is 25.9 Å². The van der Waals surface area contributed by atoms with E-state index in [0.717, 1.165) is 6.21 Å². The van der Waals surface area contributed by atoms with Gasteiger partial charge in [0.1, 0.15) is 18.6 Å². The van der Waals surface area contributed by atoms with E-state index >= 15 is 0 Å². The fourth-order valence-electron chi connectivity index (χ4n) is 1.94. The van der Waals surface area contributed by atoms with Crippen molar-refractivity contribution >= 4 is 29.4 Å². The van der Waals surface area contributed by atoms with Crippen LogP contribution in [0.25, 0.3) is 0 Å². The highest BCUT2D eigenvalue weighted by Crippen LogP contribution is 2.27. The lowest BCUT2D eigenvalue weighted by atomic mass is 10.2. The first kappa shape index (κ1) is 18.5. The molecular formula is C17H16ClFN2O4. The van der Waals surface area contributed by atoms with Gasteiger partial charge in [0.15, 0.2) is 11.6 Å². The molecule has 0 unspecified atom stereocenters. The van der Waals surface area contributed by atoms with Gasteiger partial charge in [-0.25, -0.2) is 4.39 Å². The normalized spacial score (nSPS) is 10.6. The SMILES string of the molecule is COc1ccc(CO/N=C\C(=O)Nc2cc(Cl)ccc2OC)cc1F. The maximum atomic E-state index is 13.5. The van der Waals surface area contributed by atoms with Crippen molar-refractivity contribution in [1.82, 2.24) is 0 Å². The van der Waals surface area contributed by atoms with E-state index in [0.29, 0.717) is 22.0 Å². The van der Waals surface area contributed by atoms with Crippen LogP contribution in [0.15, 0.2) is 41.6 Å². The molecule has 132 valence electrons. The van der Waals surface area contributed by atoms with Gasteiger partial charge in [0.25, 0.3) is 5.91 Å². The Bertz CT molecular complexity index is 783. The zero-order chi connectivity index (χ0) is 18.2. The summed E-state index contributed by atoms with van der Waals surface area (Å²) < 4.78 is 23.5. The number of nitrogens with one attached hydrogen (secondary N) is 1. The van der Waals surface area contributed by atoms with Crippen molar-refractivity contribution in [3.63, 3.8) is 0 Å². The van der Waals surface area contributed by atoms with Crippen molar-refractivity contribution < 1.29 is 23.5 Å². The first-order chi connectivity index (χ1) is 12.0. The third kappa shape index (κ3) is 5.36. The van der Waals surface area contributed by atoms with Gasteiger partial charge in [0.2, 0.25) is 0 Å². The predicted octanol–water partition coefficient (Wildman–Crippen LogP) is 3.64. The van der Waals surface area contributed by atoms with E-state index in [1.807, 2.05) is 0 Å². The van der Waals surface area contributed by atoms with Crippen molar-refractivity contribution in [2.75, 3.05) is 19.5 Å². The lowest BCUT2D eigenvalue weighted by Gasteiger charge is -2.08. The molecule has 1 amide bonds. The number of halogens is 2. The third-order valence-electron chi connectivity index (χ3n) is 3.11. The van der Waals surface area contributed by atoms with Gasteiger partial charge in [-0.15, -0.1) is 0 Å². The first-order valence-corrected chi connectivity index (χ1v) is 7.53. The summed E-state index contributed by atoms with van der Waals surface area (Å²) in [6, 6.07) is 9.20. The van der Waals surface area contributed by atoms with Crippen LogP contribution in [0.2, 0.25) is 5.02 Å². The summed E-state index contributed by atoms with van der Waals surface area (Å²) >= 11 is 5.88. The highest BCUT2D eigenvalue weighted by molar-refractivity contribution is 6.33. The number of methoxy groups -OCH3 is 2. The van der Waals surface area contributed by atoms with E-state index in [1.54, 1.807) is 24.3 Å². The summed E-state index contributed by atoms with van der Waals surface area (Å²) in [4.78, 5) is 16.8. The van der Waals surface area contributed by atoms with Crippen molar-refractivity contribution in [2.45, 2.75) is 6.61 Å². The number of anilines is 1. The molecule has 0 saturated carbocycles. The number of amides is 1. The Morgan fingerprint density at radius 2 is 1.92 bits per heavy atom. The summed E-state index contributed by atoms with van der Waals surface area (Å²) in [5, 5.41) is 6.57. The quantitative estimate of drug-likeness (QED) is 0.600. The molecule has 0 spiro atoms. The zero-order valence-electron chi connectivity index (χ0n) is 13.6. The average molecular weight is 367 g/mol. The molecular weight excluding hydrogens is 351 g/mol. The molecule has 0 aliphatic rings. The Morgan fingerprint density at radius 3 is 2.60 bits per heavy atom. The lowest BCUT2D eigenvalue weighted by molar-refractivity contribution is -0.110. The number of benzene rings is 2. The number of hydrogen-bond donors (Lipinski definition) is 1. The summed E-state index contributed by atoms with van der Waals surface area (Å²) in [5.74, 6) is -0.428. The van der Waals surface area contributed by atoms with Crippen LogP contribution in [0.4, 0.5) is 10.1 Å². The number of rotatable bonds is 7. The second-order valence-corrected chi connectivity index (χ2v) is 5.25. The van der Waals surface area contributed by atoms with Crippen LogP contribution in [0.3, 0.4) is 0 Å². The van der Waals surface area contributed by atoms with Crippen LogP contribution in [0, 0.1) is 5.82 Å². The second-order valence-electron chi connectivity index (χ2n) is 4.81. The lowest BCUT2D eigenvalue weighted by Crippen LogP contribution is -2.13. The Hall–Kier alpha value is -2.80. The van der Waals surface area contributed by atoms with Crippen LogP contribution in [0.1, 0.15) is 5.56 Å². The van der Waals surface area contributed by atoms with Crippen molar-refractivity contribution in [3.8, 4) is 11.5 Å². The van der Waals surface area contributed by atoms with Crippen LogP contribution in [0.5, 0.6) is 11.5 Å². The van der Waals surface area contributed by atoms with Gasteiger partial charge in [-0.2, -0.15) is 0 Å². The van der Waals surface area contributed by atoms with E-state index in [1.165, 1.54) is 26.4 Å². The number of carbonyl (C=O) groups excluding carboxylic acids is 1. The maximum Gasteiger partial charge on any atom is 0.270 e. The monoisotopic (exact) mass is 366 g/mol. The van der Waals surface area contributed by atoms with Crippen LogP contribution < -0.4 is 14.8 Å². The van der Waals surface area contributed by atoms with Crippen LogP contribution in [-0.4, -0.2) is 26.3 Å². The molecule has 6 nitrogen and oxygen atoms in total. The highest BCUT2D eigenvalue weighted by atomic mass is 35.5. The molecule has 2 aromatic carbocycles. The molecule has 0 radical (unpaired) electrons. The zero-order valence-corrected chi connectivity index (χ0v) is 14.3. The fourth-order valence-corrected chi connectivity index (χ4v) is 2.11. The summed E-state index contributed by atoms with van der Waals surface area (Å²) in [6.07, 6.45) is 0.959. The van der Waals surface area contributed by atoms with Gasteiger partial charge >= 0.3 is 0 Å². The second kappa shape index (κ2) is 8.89. The number of oxime groups is 1. The van der Waals surface area contributed by atoms with E-state index in [-0.39, 0.29) is 12.4 Å². The minimum absolute atomic E-state index is 0.00514. The van der Waals surface area contributed by atoms with Crippen molar-refractivity contribution in [3.05, 3.63) is 52.8 Å². The molecule has 2 aromatic rings. The van der Waals surface area contributed by atoms with Gasteiger partial charge in [-0.1, -0.05) is 22.8 Å². The fraction of sp³-hybridized carbons (Fsp3) is 0.176. The largest absolute Gasteiger partial charge is 0.495 e. The summed E-state index contributed by atoms with van der Waals surface area (Å²) in [5.41, 5.74) is 0.955. The first-order valence-electron chi connectivity index (χ1n) is 7.15. The minimum Gasteiger partial charge on any atom is -0.495 e. The molecule has 8 heteroatoms. The predicted molar refractivity (Wildman–Crippen MR) is 92.9 cm³/mol. The summed E-state index contributed by atoms with van der Waals surface area (Å²) in [7, 11) is 2.86. The summed E-state index contributed by atoms with van der Waals surface area (Å²) in [6.45, 7) is 0.00514. The van der Waals surface area contributed by atoms with Gasteiger partial charge in [0, 0.05) is 5.02 Å². The van der Waals surface area contributed by atoms with Gasteiger partial charge in [-0.3, -0.25) is 4.79 Å². The van der Waals surface area contributed by atoms with Gasteiger partial charge < -0.3 is 19.6 Å². The number of nitrogens with zero attached hydrogens (tertiary/aromatic N) is 1. The molecule has 0 atom stereocenters. The molecule has 0 aliphatic heterocycles. The van der Waals surface area contributed by atoms with E-state index in [9.17, 15) is 9.18 Å². The Morgan fingerprint density at radius 1 is 1.20 bits per heavy atom. The van der Waals surface area contributed by atoms with Crippen molar-refractivity contribution in [2.24, 2.45) is 5.16 Å². The molecule has 0 saturated heterocycles. The number of carbonyl (C=O) groups is 1. The minimum atomic E-state index is -0.526. The standard InChI is InChI=1S/C17H16ClFN2O4/c1-23-15-5-3-11(7-13(15)19)10-25-20-9-17(22)21-14-8-12(18)4-6-16(14)24-2/h3-9H,10H2,1-2H3,(H,21,22)/b20-9-. The smallest absolute Gasteiger partial charge is 0.270 e. The van der Waals surface area contributed by atoms with Gasteiger partial charge in [0.05, 0.1) is 19.9 Å². The van der Waals surface area contributed by atoms with Gasteiger partial charge in [-0.05, 0) is 35.9 Å². The molecule has 0 aliphatic carbocycles. The van der Waals surface area contributed by atoms with Crippen LogP contribution in [-0.2, 0) is 16.2 Å². The Balaban J connectivity index is 1.89. The third-order valence-corrected chi connectivity index (χ3v) is 3.35. The van der Waals surface area contributed by atoms with E-state index in [2.05, 4.69) is 10.5 Å². The van der Waals surface area contributed by atoms with E-state index < -0.39 is 11.7 Å². The molecule has 0 bridgehead atoms. The molecule has 1 N–H and O–H groups in total. The average Bonchev–Trinajstić information content (AvgIpc) is 2.59. The number of hydrogen-bond acceptors (Lipinski definition) is 5. The maximum absolute atomic E-state index is 13.5. The van der Waals surface area contributed by atoms with Crippen molar-refractivity contribution in [1.29, 1.82) is 0 Å².